The van der Waals surface area contributed by atoms with E-state index in [1.807, 2.05) is 12.4 Å². The van der Waals surface area contributed by atoms with Crippen molar-refractivity contribution >= 4 is 27.0 Å². The third kappa shape index (κ3) is 2.24. The van der Waals surface area contributed by atoms with Gasteiger partial charge in [-0.2, -0.15) is 0 Å². The minimum absolute atomic E-state index is 0.736. The first kappa shape index (κ1) is 11.2. The van der Waals surface area contributed by atoms with Crippen LogP contribution >= 0.6 is 15.9 Å². The molecule has 1 aromatic heterocycles. The van der Waals surface area contributed by atoms with Crippen molar-refractivity contribution in [2.24, 2.45) is 5.92 Å². The summed E-state index contributed by atoms with van der Waals surface area (Å²) in [5, 5.41) is 3.46. The molecule has 3 rings (SSSR count). The molecule has 0 spiro atoms. The number of aromatic nitrogens is 2. The summed E-state index contributed by atoms with van der Waals surface area (Å²) in [6, 6.07) is 6.26. The molecule has 1 atom stereocenters. The number of benzene rings is 1. The van der Waals surface area contributed by atoms with Crippen molar-refractivity contribution < 1.29 is 0 Å². The van der Waals surface area contributed by atoms with Crippen molar-refractivity contribution in [3.05, 3.63) is 29.0 Å². The van der Waals surface area contributed by atoms with Crippen LogP contribution in [0.4, 0.5) is 0 Å². The zero-order valence-electron chi connectivity index (χ0n) is 9.69. The zero-order chi connectivity index (χ0) is 11.7. The second kappa shape index (κ2) is 4.78. The predicted molar refractivity (Wildman–Crippen MR) is 73.0 cm³/mol. The molecule has 1 saturated heterocycles. The van der Waals surface area contributed by atoms with E-state index in [1.165, 1.54) is 24.9 Å². The summed E-state index contributed by atoms with van der Waals surface area (Å²) in [4.78, 5) is 4.48. The summed E-state index contributed by atoms with van der Waals surface area (Å²) >= 11 is 3.55. The molecule has 1 aromatic carbocycles. The van der Waals surface area contributed by atoms with Crippen molar-refractivity contribution in [2.45, 2.75) is 19.4 Å². The number of nitrogens with zero attached hydrogens (tertiary/aromatic N) is 2. The van der Waals surface area contributed by atoms with Gasteiger partial charge >= 0.3 is 0 Å². The second-order valence-electron chi connectivity index (χ2n) is 4.72. The number of piperidine rings is 1. The predicted octanol–water partition coefficient (Wildman–Crippen LogP) is 2.80. The van der Waals surface area contributed by atoms with Gasteiger partial charge in [0.05, 0.1) is 11.8 Å². The normalized spacial score (nSPS) is 20.9. The highest BCUT2D eigenvalue weighted by molar-refractivity contribution is 9.10. The van der Waals surface area contributed by atoms with Gasteiger partial charge in [0.2, 0.25) is 0 Å². The summed E-state index contributed by atoms with van der Waals surface area (Å²) < 4.78 is 3.35. The van der Waals surface area contributed by atoms with Gasteiger partial charge in [-0.25, -0.2) is 4.98 Å². The standard InChI is InChI=1S/C13H16BrN3/c14-11-4-1-5-12-13(11)16-9-17(12)8-10-3-2-6-15-7-10/h1,4-5,9-10,15H,2-3,6-8H2. The van der Waals surface area contributed by atoms with Crippen LogP contribution in [-0.2, 0) is 6.54 Å². The molecule has 1 aliphatic rings. The Kier molecular flexibility index (Phi) is 3.16. The molecule has 17 heavy (non-hydrogen) atoms. The van der Waals surface area contributed by atoms with Gasteiger partial charge in [-0.05, 0) is 59.9 Å². The van der Waals surface area contributed by atoms with Crippen LogP contribution in [0.25, 0.3) is 11.0 Å². The third-order valence-electron chi connectivity index (χ3n) is 3.45. The molecule has 90 valence electrons. The van der Waals surface area contributed by atoms with Crippen molar-refractivity contribution in [3.8, 4) is 0 Å². The molecule has 2 heterocycles. The molecular formula is C13H16BrN3. The molecule has 1 unspecified atom stereocenters. The number of hydrogen-bond acceptors (Lipinski definition) is 2. The number of para-hydroxylation sites is 1. The van der Waals surface area contributed by atoms with Crippen LogP contribution in [0.15, 0.2) is 29.0 Å². The van der Waals surface area contributed by atoms with E-state index in [9.17, 15) is 0 Å². The van der Waals surface area contributed by atoms with Gasteiger partial charge in [0.15, 0.2) is 0 Å². The van der Waals surface area contributed by atoms with Gasteiger partial charge in [-0.1, -0.05) is 6.07 Å². The van der Waals surface area contributed by atoms with Crippen molar-refractivity contribution in [1.29, 1.82) is 0 Å². The first-order valence-electron chi connectivity index (χ1n) is 6.14. The van der Waals surface area contributed by atoms with Gasteiger partial charge in [0.1, 0.15) is 5.52 Å². The largest absolute Gasteiger partial charge is 0.330 e. The Bertz CT molecular complexity index is 514. The van der Waals surface area contributed by atoms with Gasteiger partial charge in [0, 0.05) is 11.0 Å². The Balaban J connectivity index is 1.87. The van der Waals surface area contributed by atoms with E-state index in [-0.39, 0.29) is 0 Å². The van der Waals surface area contributed by atoms with Crippen molar-refractivity contribution in [3.63, 3.8) is 0 Å². The van der Waals surface area contributed by atoms with Gasteiger partial charge < -0.3 is 9.88 Å². The van der Waals surface area contributed by atoms with Gasteiger partial charge in [-0.15, -0.1) is 0 Å². The number of nitrogens with one attached hydrogen (secondary N) is 1. The second-order valence-corrected chi connectivity index (χ2v) is 5.57. The lowest BCUT2D eigenvalue weighted by Crippen LogP contribution is -2.32. The van der Waals surface area contributed by atoms with Gasteiger partial charge in [0.25, 0.3) is 0 Å². The van der Waals surface area contributed by atoms with E-state index in [4.69, 9.17) is 0 Å². The average Bonchev–Trinajstić information content (AvgIpc) is 2.76. The maximum atomic E-state index is 4.48. The smallest absolute Gasteiger partial charge is 0.103 e. The fraction of sp³-hybridized carbons (Fsp3) is 0.462. The molecule has 2 aromatic rings. The summed E-state index contributed by atoms with van der Waals surface area (Å²) in [7, 11) is 0. The molecule has 3 nitrogen and oxygen atoms in total. The average molecular weight is 294 g/mol. The Morgan fingerprint density at radius 3 is 3.24 bits per heavy atom. The van der Waals surface area contributed by atoms with Crippen LogP contribution < -0.4 is 5.32 Å². The molecule has 0 radical (unpaired) electrons. The first-order valence-corrected chi connectivity index (χ1v) is 6.94. The summed E-state index contributed by atoms with van der Waals surface area (Å²) in [6.07, 6.45) is 4.58. The Morgan fingerprint density at radius 2 is 2.41 bits per heavy atom. The minimum atomic E-state index is 0.736. The highest BCUT2D eigenvalue weighted by Crippen LogP contribution is 2.23. The fourth-order valence-electron chi connectivity index (χ4n) is 2.56. The van der Waals surface area contributed by atoms with Crippen LogP contribution in [0, 0.1) is 5.92 Å². The Morgan fingerprint density at radius 1 is 1.47 bits per heavy atom. The molecule has 0 saturated carbocycles. The maximum absolute atomic E-state index is 4.48. The quantitative estimate of drug-likeness (QED) is 0.923. The van der Waals surface area contributed by atoms with Crippen LogP contribution in [0.2, 0.25) is 0 Å². The van der Waals surface area contributed by atoms with Crippen LogP contribution in [0.1, 0.15) is 12.8 Å². The lowest BCUT2D eigenvalue weighted by atomic mass is 10.00. The topological polar surface area (TPSA) is 29.9 Å². The third-order valence-corrected chi connectivity index (χ3v) is 4.09. The summed E-state index contributed by atoms with van der Waals surface area (Å²) in [5.41, 5.74) is 2.29. The summed E-state index contributed by atoms with van der Waals surface area (Å²) in [6.45, 7) is 3.38. The SMILES string of the molecule is Brc1cccc2c1ncn2CC1CCCNC1. The number of rotatable bonds is 2. The molecule has 1 fully saturated rings. The first-order chi connectivity index (χ1) is 8.34. The number of halogens is 1. The minimum Gasteiger partial charge on any atom is -0.330 e. The number of fused-ring (bicyclic) bond motifs is 1. The monoisotopic (exact) mass is 293 g/mol. The van der Waals surface area contributed by atoms with Crippen LogP contribution in [0.3, 0.4) is 0 Å². The lowest BCUT2D eigenvalue weighted by Gasteiger charge is -2.23. The number of hydrogen-bond donors (Lipinski definition) is 1. The molecule has 4 heteroatoms. The molecule has 0 bridgehead atoms. The van der Waals surface area contributed by atoms with Crippen molar-refractivity contribution in [2.75, 3.05) is 13.1 Å². The Labute approximate surface area is 109 Å². The lowest BCUT2D eigenvalue weighted by molar-refractivity contribution is 0.340. The number of imidazole rings is 1. The fourth-order valence-corrected chi connectivity index (χ4v) is 3.01. The van der Waals surface area contributed by atoms with E-state index in [0.29, 0.717) is 0 Å². The van der Waals surface area contributed by atoms with E-state index < -0.39 is 0 Å². The molecule has 1 aliphatic heterocycles. The highest BCUT2D eigenvalue weighted by Gasteiger charge is 2.15. The van der Waals surface area contributed by atoms with Gasteiger partial charge in [-0.3, -0.25) is 0 Å². The van der Waals surface area contributed by atoms with Crippen LogP contribution in [0.5, 0.6) is 0 Å². The maximum Gasteiger partial charge on any atom is 0.103 e. The molecular weight excluding hydrogens is 278 g/mol. The summed E-state index contributed by atoms with van der Waals surface area (Å²) in [5.74, 6) is 0.736. The molecule has 0 amide bonds. The van der Waals surface area contributed by atoms with E-state index in [0.717, 1.165) is 29.0 Å². The molecule has 1 N–H and O–H groups in total. The Hall–Kier alpha value is -0.870. The van der Waals surface area contributed by atoms with E-state index >= 15 is 0 Å². The molecule has 0 aliphatic carbocycles. The van der Waals surface area contributed by atoms with Crippen molar-refractivity contribution in [1.82, 2.24) is 14.9 Å². The van der Waals surface area contributed by atoms with E-state index in [2.05, 4.69) is 42.9 Å². The zero-order valence-corrected chi connectivity index (χ0v) is 11.3. The highest BCUT2D eigenvalue weighted by atomic mass is 79.9. The van der Waals surface area contributed by atoms with E-state index in [1.54, 1.807) is 0 Å². The van der Waals surface area contributed by atoms with Crippen LogP contribution in [-0.4, -0.2) is 22.6 Å².